The van der Waals surface area contributed by atoms with Crippen LogP contribution in [0.2, 0.25) is 0 Å². The van der Waals surface area contributed by atoms with Crippen molar-refractivity contribution < 1.29 is 37.8 Å². The van der Waals surface area contributed by atoms with Gasteiger partial charge in [-0.3, -0.25) is 14.5 Å². The molecule has 0 saturated carbocycles. The number of carbonyl (C=O) groups excluding carboxylic acids is 3. The van der Waals surface area contributed by atoms with Crippen LogP contribution in [0.1, 0.15) is 5.82 Å². The second kappa shape index (κ2) is 8.75. The molecule has 14 nitrogen and oxygen atoms in total. The molecule has 5 heterocycles. The lowest BCUT2D eigenvalue weighted by atomic mass is 10.0. The Morgan fingerprint density at radius 1 is 1.46 bits per heavy atom. The van der Waals surface area contributed by atoms with E-state index in [0.29, 0.717) is 16.9 Å². The van der Waals surface area contributed by atoms with E-state index in [2.05, 4.69) is 30.0 Å². The number of thioether (sulfide) groups is 1. The Balaban J connectivity index is 1.36. The second-order valence-corrected chi connectivity index (χ2v) is 8.64. The highest BCUT2D eigenvalue weighted by Crippen LogP contribution is 2.40. The molecule has 2 aliphatic rings. The first-order chi connectivity index (χ1) is 16.9. The van der Waals surface area contributed by atoms with E-state index >= 15 is 0 Å². The van der Waals surface area contributed by atoms with Gasteiger partial charge in [0.15, 0.2) is 18.3 Å². The third-order valence-corrected chi connectivity index (χ3v) is 6.75. The molecular weight excluding hydrogens is 482 g/mol. The summed E-state index contributed by atoms with van der Waals surface area (Å²) in [5, 5.41) is 21.9. The summed E-state index contributed by atoms with van der Waals surface area (Å²) < 4.78 is 11.8. The Morgan fingerprint density at radius 2 is 2.29 bits per heavy atom. The normalized spacial score (nSPS) is 20.0. The summed E-state index contributed by atoms with van der Waals surface area (Å²) in [6, 6.07) is 2.36. The number of nitrogen functional groups attached to an aromatic ring is 1. The molecule has 3 aromatic rings. The molecule has 2 aliphatic heterocycles. The first kappa shape index (κ1) is 22.4. The minimum absolute atomic E-state index is 0.213. The van der Waals surface area contributed by atoms with Gasteiger partial charge in [0.25, 0.3) is 11.8 Å². The Bertz CT molecular complexity index is 1410. The lowest BCUT2D eigenvalue weighted by molar-refractivity contribution is -0.688. The Labute approximate surface area is 200 Å². The van der Waals surface area contributed by atoms with Crippen molar-refractivity contribution in [1.82, 2.24) is 20.4 Å². The highest BCUT2D eigenvalue weighted by molar-refractivity contribution is 8.00. The second-order valence-electron chi connectivity index (χ2n) is 7.54. The lowest BCUT2D eigenvalue weighted by Gasteiger charge is -2.50. The number of pyridine rings is 1. The molecule has 2 amide bonds. The van der Waals surface area contributed by atoms with Gasteiger partial charge in [-0.2, -0.15) is 9.55 Å². The van der Waals surface area contributed by atoms with Gasteiger partial charge in [0, 0.05) is 22.8 Å². The Kier molecular flexibility index (Phi) is 5.60. The number of nitrogens with zero attached hydrogens (tertiary/aromatic N) is 5. The van der Waals surface area contributed by atoms with Crippen molar-refractivity contribution in [3.63, 3.8) is 0 Å². The zero-order valence-electron chi connectivity index (χ0n) is 18.0. The number of rotatable bonds is 7. The number of fused-ring (bicyclic) bond motifs is 2. The standard InChI is InChI=1S/C20H17N7O7S/c1-32-24-12(15-23-20(21)34-25-15)16(28)22-13-17(29)27-14(19(30)31)10(8-35-18(13)27)6-26-4-2-9-3-5-33-11(9)7-26/h2-5,7,13,18H,6,8H2,1H3,(H3-,21,22,23,25,28,30,31)/t13?,18-/m0/s1. The van der Waals surface area contributed by atoms with Gasteiger partial charge in [-0.25, -0.2) is 0 Å². The van der Waals surface area contributed by atoms with Crippen LogP contribution in [-0.2, 0) is 25.8 Å². The lowest BCUT2D eigenvalue weighted by Crippen LogP contribution is -2.71. The molecule has 35 heavy (non-hydrogen) atoms. The summed E-state index contributed by atoms with van der Waals surface area (Å²) in [7, 11) is 1.21. The molecular formula is C20H17N7O7S. The van der Waals surface area contributed by atoms with Gasteiger partial charge in [-0.15, -0.1) is 11.8 Å². The molecule has 0 radical (unpaired) electrons. The summed E-state index contributed by atoms with van der Waals surface area (Å²) >= 11 is 1.31. The molecule has 0 bridgehead atoms. The van der Waals surface area contributed by atoms with E-state index in [0.717, 1.165) is 10.3 Å². The van der Waals surface area contributed by atoms with Crippen LogP contribution < -0.4 is 20.7 Å². The monoisotopic (exact) mass is 499 g/mol. The maximum absolute atomic E-state index is 12.9. The fraction of sp³-hybridized carbons (Fsp3) is 0.250. The summed E-state index contributed by atoms with van der Waals surface area (Å²) in [6.07, 6.45) is 5.09. The molecule has 0 aliphatic carbocycles. The predicted molar refractivity (Wildman–Crippen MR) is 116 cm³/mol. The Hall–Kier alpha value is -4.40. The number of hydrogen-bond acceptors (Lipinski definition) is 12. The van der Waals surface area contributed by atoms with Crippen LogP contribution in [0.4, 0.5) is 6.01 Å². The molecule has 1 fully saturated rings. The number of furan rings is 1. The molecule has 5 rings (SSSR count). The van der Waals surface area contributed by atoms with Crippen LogP contribution in [0.25, 0.3) is 11.0 Å². The molecule has 0 spiro atoms. The number of β-lactam (4-membered cyclic amide) rings is 1. The first-order valence-electron chi connectivity index (χ1n) is 10.1. The quantitative estimate of drug-likeness (QED) is 0.160. The zero-order valence-corrected chi connectivity index (χ0v) is 18.9. The number of aromatic nitrogens is 3. The van der Waals surface area contributed by atoms with Crippen molar-refractivity contribution in [1.29, 1.82) is 0 Å². The van der Waals surface area contributed by atoms with Crippen LogP contribution >= 0.6 is 11.8 Å². The zero-order chi connectivity index (χ0) is 24.7. The van der Waals surface area contributed by atoms with E-state index in [1.807, 2.05) is 12.1 Å². The molecule has 3 aromatic heterocycles. The maximum Gasteiger partial charge on any atom is 0.319 e. The number of anilines is 1. The molecule has 1 unspecified atom stereocenters. The van der Waals surface area contributed by atoms with E-state index in [1.165, 1.54) is 18.9 Å². The van der Waals surface area contributed by atoms with Crippen LogP contribution in [0, 0.1) is 0 Å². The van der Waals surface area contributed by atoms with E-state index < -0.39 is 29.2 Å². The fourth-order valence-electron chi connectivity index (χ4n) is 3.87. The van der Waals surface area contributed by atoms with E-state index in [9.17, 15) is 19.5 Å². The van der Waals surface area contributed by atoms with Gasteiger partial charge in [0.05, 0.1) is 17.9 Å². The van der Waals surface area contributed by atoms with Gasteiger partial charge in [0.2, 0.25) is 17.7 Å². The summed E-state index contributed by atoms with van der Waals surface area (Å²) in [5.74, 6) is -2.84. The number of nitrogens with two attached hydrogens (primary N) is 1. The third-order valence-electron chi connectivity index (χ3n) is 5.41. The number of carboxylic acid groups (broad SMARTS) is 1. The highest BCUT2D eigenvalue weighted by atomic mass is 32.2. The number of aliphatic carboxylic acids is 1. The molecule has 2 atom stereocenters. The van der Waals surface area contributed by atoms with Crippen LogP contribution in [0.5, 0.6) is 0 Å². The van der Waals surface area contributed by atoms with Gasteiger partial charge in [-0.05, 0) is 6.07 Å². The minimum Gasteiger partial charge on any atom is -0.543 e. The maximum atomic E-state index is 12.9. The highest BCUT2D eigenvalue weighted by Gasteiger charge is 2.53. The van der Waals surface area contributed by atoms with Crippen molar-refractivity contribution in [3.05, 3.63) is 47.9 Å². The van der Waals surface area contributed by atoms with Gasteiger partial charge >= 0.3 is 6.01 Å². The Morgan fingerprint density at radius 3 is 3.00 bits per heavy atom. The summed E-state index contributed by atoms with van der Waals surface area (Å²) in [4.78, 5) is 47.2. The number of carboxylic acids is 1. The topological polar surface area (TPSA) is 193 Å². The SMILES string of the molecule is CON=C(C(=O)NC1C(=O)N2C(C(=O)[O-])=C(C[n+]3ccc4ccoc4c3)CS[C@@H]12)c1noc(N)n1. The minimum atomic E-state index is -1.48. The number of nitrogens with one attached hydrogen (secondary N) is 1. The van der Waals surface area contributed by atoms with E-state index in [-0.39, 0.29) is 29.8 Å². The van der Waals surface area contributed by atoms with Crippen molar-refractivity contribution in [2.45, 2.75) is 18.0 Å². The molecule has 15 heteroatoms. The predicted octanol–water partition coefficient (Wildman–Crippen LogP) is -1.86. The van der Waals surface area contributed by atoms with Crippen LogP contribution in [0.15, 0.2) is 56.2 Å². The van der Waals surface area contributed by atoms with Gasteiger partial charge in [0.1, 0.15) is 18.5 Å². The average Bonchev–Trinajstić information content (AvgIpc) is 3.48. The average molecular weight is 499 g/mol. The smallest absolute Gasteiger partial charge is 0.319 e. The van der Waals surface area contributed by atoms with Gasteiger partial charge in [-0.1, -0.05) is 10.3 Å². The van der Waals surface area contributed by atoms with Crippen LogP contribution in [-0.4, -0.2) is 62.8 Å². The van der Waals surface area contributed by atoms with E-state index in [1.54, 1.807) is 23.2 Å². The van der Waals surface area contributed by atoms with Crippen molar-refractivity contribution >= 4 is 52.2 Å². The number of carbonyl (C=O) groups is 3. The summed E-state index contributed by atoms with van der Waals surface area (Å²) in [6.45, 7) is 0.213. The van der Waals surface area contributed by atoms with Crippen molar-refractivity contribution in [2.75, 3.05) is 18.6 Å². The van der Waals surface area contributed by atoms with Crippen molar-refractivity contribution in [3.8, 4) is 0 Å². The van der Waals surface area contributed by atoms with Crippen molar-refractivity contribution in [2.24, 2.45) is 5.16 Å². The number of amides is 2. The fourth-order valence-corrected chi connectivity index (χ4v) is 5.21. The number of hydrogen-bond donors (Lipinski definition) is 2. The molecule has 1 saturated heterocycles. The number of oxime groups is 1. The largest absolute Gasteiger partial charge is 0.543 e. The van der Waals surface area contributed by atoms with Crippen LogP contribution in [0.3, 0.4) is 0 Å². The third kappa shape index (κ3) is 3.95. The van der Waals surface area contributed by atoms with E-state index in [4.69, 9.17) is 10.2 Å². The molecule has 180 valence electrons. The molecule has 0 aromatic carbocycles. The summed E-state index contributed by atoms with van der Waals surface area (Å²) in [5.41, 5.74) is 5.95. The van der Waals surface area contributed by atoms with Gasteiger partial charge < -0.3 is 34.7 Å². The first-order valence-corrected chi connectivity index (χ1v) is 11.2. The molecule has 3 N–H and O–H groups in total.